The molecule has 4 heteroatoms. The lowest BCUT2D eigenvalue weighted by molar-refractivity contribution is 0.0954. The van der Waals surface area contributed by atoms with Crippen molar-refractivity contribution in [2.75, 3.05) is 0 Å². The minimum atomic E-state index is -0.639. The highest BCUT2D eigenvalue weighted by molar-refractivity contribution is 6.04. The average Bonchev–Trinajstić information content (AvgIpc) is 3.48. The van der Waals surface area contributed by atoms with Crippen LogP contribution in [0.5, 0.6) is 0 Å². The van der Waals surface area contributed by atoms with Crippen LogP contribution in [0, 0.1) is 0 Å². The second kappa shape index (κ2) is 5.64. The van der Waals surface area contributed by atoms with Crippen molar-refractivity contribution in [1.82, 2.24) is 0 Å². The minimum Gasteiger partial charge on any atom is -0.464 e. The summed E-state index contributed by atoms with van der Waals surface area (Å²) in [4.78, 5) is 25.4. The number of benzene rings is 3. The summed E-state index contributed by atoms with van der Waals surface area (Å²) in [6, 6.07) is 20.5. The van der Waals surface area contributed by atoms with E-state index in [9.17, 15) is 9.59 Å². The lowest BCUT2D eigenvalue weighted by Crippen LogP contribution is -2.13. The number of ether oxygens (including phenoxy) is 1. The molecule has 0 aliphatic carbocycles. The molecule has 0 amide bonds. The summed E-state index contributed by atoms with van der Waals surface area (Å²) in [6.07, 6.45) is 0.221. The van der Waals surface area contributed by atoms with E-state index in [2.05, 4.69) is 0 Å². The number of epoxide rings is 1. The summed E-state index contributed by atoms with van der Waals surface area (Å²) in [6.45, 7) is 0. The molecule has 0 spiro atoms. The predicted octanol–water partition coefficient (Wildman–Crippen LogP) is 4.27. The fourth-order valence-electron chi connectivity index (χ4n) is 3.34. The molecular weight excluding hydrogens is 328 g/mol. The van der Waals surface area contributed by atoms with Crippen molar-refractivity contribution < 1.29 is 13.9 Å². The first kappa shape index (κ1) is 15.0. The van der Waals surface area contributed by atoms with E-state index in [-0.39, 0.29) is 11.2 Å². The Morgan fingerprint density at radius 3 is 2.54 bits per heavy atom. The molecule has 4 aromatic rings. The molecule has 0 unspecified atom stereocenters. The molecule has 126 valence electrons. The van der Waals surface area contributed by atoms with Crippen molar-refractivity contribution >= 4 is 27.5 Å². The van der Waals surface area contributed by atoms with Crippen molar-refractivity contribution in [3.8, 4) is 0 Å². The largest absolute Gasteiger partial charge is 0.464 e. The van der Waals surface area contributed by atoms with E-state index in [4.69, 9.17) is 9.15 Å². The number of Topliss-reactive ketones (excluding diaryl/α,β-unsaturated/α-hetero) is 1. The quantitative estimate of drug-likeness (QED) is 0.412. The maximum atomic E-state index is 12.8. The number of ketones is 1. The Bertz CT molecular complexity index is 1220. The molecule has 1 fully saturated rings. The molecule has 4 nitrogen and oxygen atoms in total. The molecule has 1 aliphatic heterocycles. The average molecular weight is 342 g/mol. The first-order chi connectivity index (χ1) is 12.7. The summed E-state index contributed by atoms with van der Waals surface area (Å²) in [7, 11) is 0. The van der Waals surface area contributed by atoms with Crippen molar-refractivity contribution in [2.24, 2.45) is 0 Å². The van der Waals surface area contributed by atoms with Crippen LogP contribution in [0.15, 0.2) is 82.2 Å². The molecule has 0 saturated carbocycles. The van der Waals surface area contributed by atoms with Gasteiger partial charge in [-0.15, -0.1) is 0 Å². The third-order valence-corrected chi connectivity index (χ3v) is 4.80. The van der Waals surface area contributed by atoms with Gasteiger partial charge in [0.2, 0.25) is 0 Å². The molecule has 5 rings (SSSR count). The molecule has 1 saturated heterocycles. The molecular formula is C22H14O4. The van der Waals surface area contributed by atoms with E-state index < -0.39 is 12.2 Å². The molecule has 1 aromatic heterocycles. The summed E-state index contributed by atoms with van der Waals surface area (Å²) in [5.41, 5.74) is 1.36. The SMILES string of the molecule is O=C(c1ccc2ccccc2c1)[C@@H]1O[C@@H]1c1coc2ccccc2c1=O. The van der Waals surface area contributed by atoms with Crippen LogP contribution in [0.25, 0.3) is 21.7 Å². The first-order valence-corrected chi connectivity index (χ1v) is 8.41. The van der Waals surface area contributed by atoms with Crippen LogP contribution in [0.2, 0.25) is 0 Å². The number of para-hydroxylation sites is 1. The van der Waals surface area contributed by atoms with Gasteiger partial charge in [0.05, 0.1) is 10.9 Å². The maximum absolute atomic E-state index is 12.8. The normalized spacial score (nSPS) is 18.9. The van der Waals surface area contributed by atoms with E-state index in [1.165, 1.54) is 6.26 Å². The molecule has 0 radical (unpaired) electrons. The number of carbonyl (C=O) groups excluding carboxylic acids is 1. The van der Waals surface area contributed by atoms with E-state index in [1.54, 1.807) is 24.3 Å². The maximum Gasteiger partial charge on any atom is 0.198 e. The zero-order valence-electron chi connectivity index (χ0n) is 13.7. The van der Waals surface area contributed by atoms with Gasteiger partial charge < -0.3 is 9.15 Å². The monoisotopic (exact) mass is 342 g/mol. The van der Waals surface area contributed by atoms with Crippen LogP contribution in [0.4, 0.5) is 0 Å². The van der Waals surface area contributed by atoms with Crippen LogP contribution in [0.1, 0.15) is 22.0 Å². The summed E-state index contributed by atoms with van der Waals surface area (Å²) in [5.74, 6) is -0.117. The Hall–Kier alpha value is -3.24. The molecule has 26 heavy (non-hydrogen) atoms. The van der Waals surface area contributed by atoms with E-state index in [0.29, 0.717) is 22.1 Å². The summed E-state index contributed by atoms with van der Waals surface area (Å²) in [5, 5.41) is 2.57. The van der Waals surface area contributed by atoms with Crippen LogP contribution < -0.4 is 5.43 Å². The van der Waals surface area contributed by atoms with E-state index in [1.807, 2.05) is 42.5 Å². The number of hydrogen-bond acceptors (Lipinski definition) is 4. The molecule has 0 N–H and O–H groups in total. The van der Waals surface area contributed by atoms with Gasteiger partial charge in [0, 0.05) is 5.56 Å². The lowest BCUT2D eigenvalue weighted by Gasteiger charge is -2.02. The van der Waals surface area contributed by atoms with Gasteiger partial charge in [-0.1, -0.05) is 48.5 Å². The molecule has 0 bridgehead atoms. The zero-order chi connectivity index (χ0) is 17.7. The van der Waals surface area contributed by atoms with Crippen molar-refractivity contribution in [3.05, 3.63) is 94.3 Å². The van der Waals surface area contributed by atoms with Gasteiger partial charge in [0.25, 0.3) is 0 Å². The Balaban J connectivity index is 1.47. The van der Waals surface area contributed by atoms with Crippen molar-refractivity contribution in [2.45, 2.75) is 12.2 Å². The number of hydrogen-bond donors (Lipinski definition) is 0. The van der Waals surface area contributed by atoms with Gasteiger partial charge in [-0.2, -0.15) is 0 Å². The van der Waals surface area contributed by atoms with Gasteiger partial charge in [-0.05, 0) is 29.0 Å². The van der Waals surface area contributed by atoms with Crippen LogP contribution >= 0.6 is 0 Å². The predicted molar refractivity (Wildman–Crippen MR) is 98.4 cm³/mol. The number of carbonyl (C=O) groups is 1. The molecule has 2 heterocycles. The third kappa shape index (κ3) is 2.35. The first-order valence-electron chi connectivity index (χ1n) is 8.41. The van der Waals surface area contributed by atoms with Crippen molar-refractivity contribution in [3.63, 3.8) is 0 Å². The van der Waals surface area contributed by atoms with Gasteiger partial charge in [0.15, 0.2) is 17.3 Å². The van der Waals surface area contributed by atoms with Crippen LogP contribution in [0.3, 0.4) is 0 Å². The molecule has 2 atom stereocenters. The molecule has 1 aliphatic rings. The molecule has 3 aromatic carbocycles. The van der Waals surface area contributed by atoms with E-state index >= 15 is 0 Å². The Labute approximate surface area is 148 Å². The van der Waals surface area contributed by atoms with Crippen molar-refractivity contribution in [1.29, 1.82) is 0 Å². The fraction of sp³-hybridized carbons (Fsp3) is 0.0909. The highest BCUT2D eigenvalue weighted by Crippen LogP contribution is 2.40. The number of fused-ring (bicyclic) bond motifs is 2. The fourth-order valence-corrected chi connectivity index (χ4v) is 3.34. The summed E-state index contributed by atoms with van der Waals surface area (Å²) >= 11 is 0. The second-order valence-corrected chi connectivity index (χ2v) is 6.42. The van der Waals surface area contributed by atoms with Crippen LogP contribution in [-0.4, -0.2) is 11.9 Å². The Kier molecular flexibility index (Phi) is 3.27. The standard InChI is InChI=1S/C22H14O4/c23-19(15-10-9-13-5-1-2-6-14(13)11-15)22-21(26-22)17-12-25-18-8-4-3-7-16(18)20(17)24/h1-12,21-22H/t21-,22+/m1/s1. The van der Waals surface area contributed by atoms with Gasteiger partial charge in [-0.3, -0.25) is 9.59 Å². The second-order valence-electron chi connectivity index (χ2n) is 6.42. The smallest absolute Gasteiger partial charge is 0.198 e. The topological polar surface area (TPSA) is 59.8 Å². The lowest BCUT2D eigenvalue weighted by atomic mass is 10.00. The number of rotatable bonds is 3. The Morgan fingerprint density at radius 2 is 1.65 bits per heavy atom. The van der Waals surface area contributed by atoms with E-state index in [0.717, 1.165) is 10.8 Å². The Morgan fingerprint density at radius 1 is 0.885 bits per heavy atom. The third-order valence-electron chi connectivity index (χ3n) is 4.80. The highest BCUT2D eigenvalue weighted by Gasteiger charge is 2.48. The van der Waals surface area contributed by atoms with Gasteiger partial charge in [0.1, 0.15) is 18.0 Å². The van der Waals surface area contributed by atoms with Gasteiger partial charge >= 0.3 is 0 Å². The summed E-state index contributed by atoms with van der Waals surface area (Å²) < 4.78 is 11.1. The minimum absolute atomic E-state index is 0.117. The van der Waals surface area contributed by atoms with Gasteiger partial charge in [-0.25, -0.2) is 0 Å². The van der Waals surface area contributed by atoms with Crippen LogP contribution in [-0.2, 0) is 4.74 Å². The zero-order valence-corrected chi connectivity index (χ0v) is 13.7. The highest BCUT2D eigenvalue weighted by atomic mass is 16.6.